The minimum atomic E-state index is -0.498. The van der Waals surface area contributed by atoms with Crippen molar-refractivity contribution in [2.45, 2.75) is 65.0 Å². The number of amides is 1. The molecule has 3 aliphatic heterocycles. The Balaban J connectivity index is 1.21. The molecule has 1 spiro atoms. The molecule has 1 aromatic carbocycles. The molecule has 0 unspecified atom stereocenters. The van der Waals surface area contributed by atoms with Crippen LogP contribution < -0.4 is 14.4 Å². The number of benzene rings is 1. The van der Waals surface area contributed by atoms with Gasteiger partial charge in [0.05, 0.1) is 24.3 Å². The Bertz CT molecular complexity index is 1770. The average molecular weight is 629 g/mol. The Hall–Kier alpha value is -4.19. The SMILES string of the molecule is COc1nc2c(N3CCC4(CC3)CN(C(=O)OC(C)(C)C)C4)nc(OC[C@@H]3CCCN3C)nc2cc1-c1c(C)ccc2[nH]ncc12. The van der Waals surface area contributed by atoms with Crippen LogP contribution >= 0.6 is 0 Å². The molecule has 12 heteroatoms. The van der Waals surface area contributed by atoms with E-state index in [0.29, 0.717) is 35.6 Å². The Morgan fingerprint density at radius 1 is 1.11 bits per heavy atom. The summed E-state index contributed by atoms with van der Waals surface area (Å²) in [4.78, 5) is 34.0. The van der Waals surface area contributed by atoms with Crippen molar-refractivity contribution in [1.29, 1.82) is 0 Å². The van der Waals surface area contributed by atoms with Gasteiger partial charge in [0.1, 0.15) is 17.7 Å². The lowest BCUT2D eigenvalue weighted by Crippen LogP contribution is -2.62. The number of pyridine rings is 1. The van der Waals surface area contributed by atoms with Crippen molar-refractivity contribution in [3.63, 3.8) is 0 Å². The molecule has 1 atom stereocenters. The number of aromatic amines is 1. The zero-order chi connectivity index (χ0) is 32.2. The molecule has 0 saturated carbocycles. The minimum absolute atomic E-state index is 0.0989. The molecule has 1 amide bonds. The van der Waals surface area contributed by atoms with Crippen LogP contribution in [-0.2, 0) is 4.74 Å². The van der Waals surface area contributed by atoms with Crippen LogP contribution in [0.15, 0.2) is 24.4 Å². The van der Waals surface area contributed by atoms with E-state index in [2.05, 4.69) is 40.0 Å². The van der Waals surface area contributed by atoms with Crippen LogP contribution in [0, 0.1) is 12.3 Å². The van der Waals surface area contributed by atoms with Crippen molar-refractivity contribution in [3.05, 3.63) is 30.0 Å². The van der Waals surface area contributed by atoms with E-state index in [1.165, 1.54) is 6.42 Å². The lowest BCUT2D eigenvalue weighted by Gasteiger charge is -2.53. The number of aromatic nitrogens is 5. The quantitative estimate of drug-likeness (QED) is 0.305. The molecule has 46 heavy (non-hydrogen) atoms. The smallest absolute Gasteiger partial charge is 0.410 e. The molecule has 1 N–H and O–H groups in total. The zero-order valence-electron chi connectivity index (χ0n) is 27.7. The molecule has 0 aliphatic carbocycles. The van der Waals surface area contributed by atoms with Crippen LogP contribution in [0.25, 0.3) is 33.1 Å². The van der Waals surface area contributed by atoms with E-state index < -0.39 is 5.60 Å². The number of nitrogens with zero attached hydrogens (tertiary/aromatic N) is 7. The predicted molar refractivity (Wildman–Crippen MR) is 177 cm³/mol. The molecule has 12 nitrogen and oxygen atoms in total. The number of carbonyl (C=O) groups is 1. The number of likely N-dealkylation sites (tertiary alicyclic amines) is 2. The van der Waals surface area contributed by atoms with Gasteiger partial charge in [-0.15, -0.1) is 0 Å². The summed E-state index contributed by atoms with van der Waals surface area (Å²) in [6.45, 7) is 12.4. The van der Waals surface area contributed by atoms with Gasteiger partial charge < -0.3 is 28.9 Å². The molecule has 3 fully saturated rings. The summed E-state index contributed by atoms with van der Waals surface area (Å²) < 4.78 is 17.8. The maximum atomic E-state index is 12.6. The average Bonchev–Trinajstić information content (AvgIpc) is 3.65. The number of carbonyl (C=O) groups excluding carboxylic acids is 1. The molecule has 0 radical (unpaired) electrons. The van der Waals surface area contributed by atoms with Crippen molar-refractivity contribution in [2.75, 3.05) is 58.4 Å². The Morgan fingerprint density at radius 2 is 1.89 bits per heavy atom. The van der Waals surface area contributed by atoms with Gasteiger partial charge in [0.2, 0.25) is 5.88 Å². The van der Waals surface area contributed by atoms with Crippen molar-refractivity contribution >= 4 is 33.8 Å². The van der Waals surface area contributed by atoms with Gasteiger partial charge in [0, 0.05) is 54.1 Å². The third-order valence-corrected chi connectivity index (χ3v) is 9.80. The number of hydrogen-bond donors (Lipinski definition) is 1. The lowest BCUT2D eigenvalue weighted by molar-refractivity contribution is -0.0434. The first-order valence-corrected chi connectivity index (χ1v) is 16.3. The summed E-state index contributed by atoms with van der Waals surface area (Å²) in [6.07, 6.45) is 5.76. The predicted octanol–water partition coefficient (Wildman–Crippen LogP) is 5.20. The van der Waals surface area contributed by atoms with E-state index in [9.17, 15) is 4.79 Å². The number of methoxy groups -OCH3 is 1. The fraction of sp³-hybridized carbons (Fsp3) is 0.559. The van der Waals surface area contributed by atoms with Gasteiger partial charge in [-0.3, -0.25) is 5.10 Å². The highest BCUT2D eigenvalue weighted by Crippen LogP contribution is 2.44. The Labute approximate surface area is 269 Å². The van der Waals surface area contributed by atoms with Gasteiger partial charge in [-0.1, -0.05) is 6.07 Å². The number of piperidine rings is 1. The molecule has 244 valence electrons. The van der Waals surface area contributed by atoms with Gasteiger partial charge >= 0.3 is 12.1 Å². The zero-order valence-corrected chi connectivity index (χ0v) is 27.7. The van der Waals surface area contributed by atoms with E-state index >= 15 is 0 Å². The molecule has 6 heterocycles. The maximum Gasteiger partial charge on any atom is 0.410 e. The first kappa shape index (κ1) is 30.5. The van der Waals surface area contributed by atoms with Gasteiger partial charge in [0.15, 0.2) is 5.82 Å². The second-order valence-electron chi connectivity index (χ2n) is 14.2. The third-order valence-electron chi connectivity index (χ3n) is 9.80. The summed E-state index contributed by atoms with van der Waals surface area (Å²) in [6, 6.07) is 6.86. The number of nitrogens with one attached hydrogen (secondary N) is 1. The number of hydrogen-bond acceptors (Lipinski definition) is 10. The Morgan fingerprint density at radius 3 is 2.59 bits per heavy atom. The van der Waals surface area contributed by atoms with Crippen molar-refractivity contribution < 1.29 is 19.0 Å². The first-order chi connectivity index (χ1) is 22.0. The molecule has 3 aliphatic rings. The van der Waals surface area contributed by atoms with Gasteiger partial charge in [0.25, 0.3) is 0 Å². The topological polar surface area (TPSA) is 122 Å². The number of fused-ring (bicyclic) bond motifs is 2. The van der Waals surface area contributed by atoms with Crippen LogP contribution in [-0.4, -0.2) is 106 Å². The first-order valence-electron chi connectivity index (χ1n) is 16.3. The van der Waals surface area contributed by atoms with E-state index in [1.807, 2.05) is 44.0 Å². The summed E-state index contributed by atoms with van der Waals surface area (Å²) >= 11 is 0. The molecule has 4 aromatic rings. The number of ether oxygens (including phenoxy) is 3. The molecule has 0 bridgehead atoms. The largest absolute Gasteiger partial charge is 0.481 e. The third kappa shape index (κ3) is 5.67. The monoisotopic (exact) mass is 628 g/mol. The van der Waals surface area contributed by atoms with E-state index in [1.54, 1.807) is 7.11 Å². The highest BCUT2D eigenvalue weighted by atomic mass is 16.6. The number of rotatable bonds is 6. The number of aryl methyl sites for hydroxylation is 1. The van der Waals surface area contributed by atoms with Crippen LogP contribution in [0.3, 0.4) is 0 Å². The highest BCUT2D eigenvalue weighted by Gasteiger charge is 2.48. The number of anilines is 1. The maximum absolute atomic E-state index is 12.6. The van der Waals surface area contributed by atoms with Crippen molar-refractivity contribution in [1.82, 2.24) is 34.9 Å². The second kappa shape index (κ2) is 11.6. The van der Waals surface area contributed by atoms with Crippen LogP contribution in [0.5, 0.6) is 11.9 Å². The van der Waals surface area contributed by atoms with Crippen LogP contribution in [0.1, 0.15) is 52.0 Å². The van der Waals surface area contributed by atoms with Crippen LogP contribution in [0.4, 0.5) is 10.6 Å². The van der Waals surface area contributed by atoms with Gasteiger partial charge in [-0.2, -0.15) is 15.1 Å². The molecule has 3 saturated heterocycles. The standard InChI is InChI=1S/C34H44N8O4/c1-21-9-10-25-24(17-35-39-25)27(21)23-16-26-28(37-30(23)44-6)29(38-31(36-26)45-18-22-8-7-13-40(22)5)41-14-11-34(12-15-41)19-42(20-34)32(43)46-33(2,3)4/h9-10,16-17,22H,7-8,11-15,18-20H2,1-6H3,(H,35,39)/t22-/m0/s1. The van der Waals surface area contributed by atoms with Crippen molar-refractivity contribution in [2.24, 2.45) is 5.41 Å². The van der Waals surface area contributed by atoms with Crippen molar-refractivity contribution in [3.8, 4) is 23.0 Å². The highest BCUT2D eigenvalue weighted by molar-refractivity contribution is 6.00. The lowest BCUT2D eigenvalue weighted by atomic mass is 9.72. The summed E-state index contributed by atoms with van der Waals surface area (Å²) in [5.41, 5.74) is 4.87. The number of likely N-dealkylation sites (N-methyl/N-ethyl adjacent to an activating group) is 1. The molecule has 3 aromatic heterocycles. The minimum Gasteiger partial charge on any atom is -0.481 e. The van der Waals surface area contributed by atoms with E-state index in [0.717, 1.165) is 85.4 Å². The number of H-pyrrole nitrogens is 1. The normalized spacial score (nSPS) is 20.0. The molecule has 7 rings (SSSR count). The fourth-order valence-corrected chi connectivity index (χ4v) is 7.20. The van der Waals surface area contributed by atoms with Gasteiger partial charge in [-0.25, -0.2) is 9.78 Å². The molecular weight excluding hydrogens is 584 g/mol. The second-order valence-corrected chi connectivity index (χ2v) is 14.2. The fourth-order valence-electron chi connectivity index (χ4n) is 7.20. The van der Waals surface area contributed by atoms with Crippen LogP contribution in [0.2, 0.25) is 0 Å². The summed E-state index contributed by atoms with van der Waals surface area (Å²) in [7, 11) is 3.79. The molecular formula is C34H44N8O4. The Kier molecular flexibility index (Phi) is 7.65. The summed E-state index contributed by atoms with van der Waals surface area (Å²) in [5.74, 6) is 1.26. The van der Waals surface area contributed by atoms with E-state index in [4.69, 9.17) is 29.2 Å². The summed E-state index contributed by atoms with van der Waals surface area (Å²) in [5, 5.41) is 8.36. The van der Waals surface area contributed by atoms with E-state index in [-0.39, 0.29) is 11.5 Å². The van der Waals surface area contributed by atoms with Gasteiger partial charge in [-0.05, 0) is 84.7 Å².